The van der Waals surface area contributed by atoms with Gasteiger partial charge in [0.25, 0.3) is 0 Å². The number of fused-ring (bicyclic) bond motifs is 3. The lowest BCUT2D eigenvalue weighted by Gasteiger charge is -2.19. The van der Waals surface area contributed by atoms with E-state index in [1.807, 2.05) is 0 Å². The van der Waals surface area contributed by atoms with Crippen LogP contribution in [0.1, 0.15) is 13.8 Å². The van der Waals surface area contributed by atoms with Gasteiger partial charge in [0, 0.05) is 22.5 Å². The van der Waals surface area contributed by atoms with Crippen LogP contribution in [0.25, 0.3) is 21.9 Å². The fourth-order valence-electron chi connectivity index (χ4n) is 2.76. The molecule has 0 bridgehead atoms. The monoisotopic (exact) mass is 376 g/mol. The van der Waals surface area contributed by atoms with Gasteiger partial charge in [0.15, 0.2) is 0 Å². The second-order valence-electron chi connectivity index (χ2n) is 6.38. The Morgan fingerprint density at radius 2 is 1.85 bits per heavy atom. The minimum Gasteiger partial charge on any atom is -0.468 e. The molecule has 0 radical (unpaired) electrons. The summed E-state index contributed by atoms with van der Waals surface area (Å²) in [5.41, 5.74) is 7.44. The van der Waals surface area contributed by atoms with Crippen molar-refractivity contribution in [3.05, 3.63) is 36.4 Å². The summed E-state index contributed by atoms with van der Waals surface area (Å²) >= 11 is 0. The van der Waals surface area contributed by atoms with Crippen LogP contribution in [0.15, 0.2) is 45.7 Å². The number of methoxy groups -OCH3 is 1. The number of esters is 1. The average molecular weight is 376 g/mol. The number of carbonyl (C=O) groups is 1. The molecule has 1 atom stereocenters. The standard InChI is InChI=1S/C18H20N2O5S/c1-10(2)17(18(21)24-3)20-26(22,23)12-5-6-13-14-8-11(19)4-7-15(14)25-16(13)9-12/h4-10,17,20H,19H2,1-3H3. The van der Waals surface area contributed by atoms with E-state index < -0.39 is 22.0 Å². The zero-order chi connectivity index (χ0) is 19.1. The molecule has 3 rings (SSSR count). The van der Waals surface area contributed by atoms with Crippen molar-refractivity contribution in [1.29, 1.82) is 0 Å². The molecule has 1 unspecified atom stereocenters. The quantitative estimate of drug-likeness (QED) is 0.523. The van der Waals surface area contributed by atoms with Gasteiger partial charge < -0.3 is 14.9 Å². The Morgan fingerprint density at radius 1 is 1.12 bits per heavy atom. The molecule has 0 fully saturated rings. The average Bonchev–Trinajstić information content (AvgIpc) is 2.96. The van der Waals surface area contributed by atoms with E-state index >= 15 is 0 Å². The molecule has 0 spiro atoms. The van der Waals surface area contributed by atoms with Crippen molar-refractivity contribution in [2.75, 3.05) is 12.8 Å². The van der Waals surface area contributed by atoms with Gasteiger partial charge in [0.2, 0.25) is 10.0 Å². The van der Waals surface area contributed by atoms with Crippen molar-refractivity contribution in [2.45, 2.75) is 24.8 Å². The van der Waals surface area contributed by atoms with Gasteiger partial charge in [-0.15, -0.1) is 0 Å². The largest absolute Gasteiger partial charge is 0.468 e. The predicted molar refractivity (Wildman–Crippen MR) is 99.1 cm³/mol. The summed E-state index contributed by atoms with van der Waals surface area (Å²) in [5.74, 6) is -0.904. The van der Waals surface area contributed by atoms with Crippen LogP contribution in [0.4, 0.5) is 5.69 Å². The van der Waals surface area contributed by atoms with E-state index in [2.05, 4.69) is 9.46 Å². The zero-order valence-corrected chi connectivity index (χ0v) is 15.5. The van der Waals surface area contributed by atoms with Crippen molar-refractivity contribution >= 4 is 43.6 Å². The SMILES string of the molecule is COC(=O)C(NS(=O)(=O)c1ccc2c(c1)oc1ccc(N)cc12)C(C)C. The summed E-state index contributed by atoms with van der Waals surface area (Å²) < 4.78 is 38.2. The van der Waals surface area contributed by atoms with Crippen LogP contribution in [-0.2, 0) is 19.6 Å². The molecule has 3 aromatic rings. The van der Waals surface area contributed by atoms with Crippen molar-refractivity contribution in [1.82, 2.24) is 4.72 Å². The summed E-state index contributed by atoms with van der Waals surface area (Å²) in [5, 5.41) is 1.58. The normalized spacial score (nSPS) is 13.4. The minimum atomic E-state index is -3.93. The van der Waals surface area contributed by atoms with Crippen LogP contribution in [-0.4, -0.2) is 27.5 Å². The van der Waals surface area contributed by atoms with Crippen molar-refractivity contribution in [3.63, 3.8) is 0 Å². The molecular weight excluding hydrogens is 356 g/mol. The Bertz CT molecular complexity index is 1090. The molecule has 1 heterocycles. The number of nitrogen functional groups attached to an aromatic ring is 1. The summed E-state index contributed by atoms with van der Waals surface area (Å²) in [6.07, 6.45) is 0. The fourth-order valence-corrected chi connectivity index (χ4v) is 4.11. The maximum atomic E-state index is 12.7. The number of anilines is 1. The van der Waals surface area contributed by atoms with Gasteiger partial charge in [0.1, 0.15) is 17.2 Å². The lowest BCUT2D eigenvalue weighted by Crippen LogP contribution is -2.44. The molecule has 138 valence electrons. The molecule has 0 aliphatic heterocycles. The molecule has 26 heavy (non-hydrogen) atoms. The lowest BCUT2D eigenvalue weighted by molar-refractivity contribution is -0.143. The Balaban J connectivity index is 2.03. The molecule has 1 aromatic heterocycles. The molecule has 7 nitrogen and oxygen atoms in total. The zero-order valence-electron chi connectivity index (χ0n) is 14.6. The van der Waals surface area contributed by atoms with Gasteiger partial charge in [-0.3, -0.25) is 4.79 Å². The van der Waals surface area contributed by atoms with Crippen molar-refractivity contribution < 1.29 is 22.4 Å². The Hall–Kier alpha value is -2.58. The number of benzene rings is 2. The number of rotatable bonds is 5. The number of nitrogens with two attached hydrogens (primary N) is 1. The van der Waals surface area contributed by atoms with E-state index in [0.717, 1.165) is 10.8 Å². The van der Waals surface area contributed by atoms with Gasteiger partial charge in [-0.05, 0) is 36.2 Å². The first-order valence-corrected chi connectivity index (χ1v) is 9.53. The lowest BCUT2D eigenvalue weighted by atomic mass is 10.1. The number of sulfonamides is 1. The van der Waals surface area contributed by atoms with E-state index in [9.17, 15) is 13.2 Å². The molecule has 8 heteroatoms. The maximum absolute atomic E-state index is 12.7. The van der Waals surface area contributed by atoms with E-state index in [4.69, 9.17) is 10.2 Å². The Kier molecular flexibility index (Phi) is 4.64. The first kappa shape index (κ1) is 18.2. The molecule has 0 aliphatic rings. The van der Waals surface area contributed by atoms with E-state index in [1.54, 1.807) is 38.1 Å². The highest BCUT2D eigenvalue weighted by molar-refractivity contribution is 7.89. The van der Waals surface area contributed by atoms with Crippen molar-refractivity contribution in [3.8, 4) is 0 Å². The number of hydrogen-bond acceptors (Lipinski definition) is 6. The minimum absolute atomic E-state index is 0.00609. The maximum Gasteiger partial charge on any atom is 0.324 e. The second-order valence-corrected chi connectivity index (χ2v) is 8.10. The van der Waals surface area contributed by atoms with E-state index in [0.29, 0.717) is 16.9 Å². The Labute approximate surface area is 151 Å². The van der Waals surface area contributed by atoms with Gasteiger partial charge in [-0.25, -0.2) is 8.42 Å². The number of hydrogen-bond donors (Lipinski definition) is 2. The summed E-state index contributed by atoms with van der Waals surface area (Å²) in [6.45, 7) is 3.47. The van der Waals surface area contributed by atoms with Crippen molar-refractivity contribution in [2.24, 2.45) is 5.92 Å². The van der Waals surface area contributed by atoms with Crippen LogP contribution in [0.3, 0.4) is 0 Å². The second kappa shape index (κ2) is 6.62. The summed E-state index contributed by atoms with van der Waals surface area (Å²) in [7, 11) is -2.71. The fraction of sp³-hybridized carbons (Fsp3) is 0.278. The number of furan rings is 1. The van der Waals surface area contributed by atoms with Gasteiger partial charge in [-0.2, -0.15) is 4.72 Å². The van der Waals surface area contributed by atoms with Crippen LogP contribution in [0, 0.1) is 5.92 Å². The first-order chi connectivity index (χ1) is 12.2. The first-order valence-electron chi connectivity index (χ1n) is 8.05. The molecule has 0 saturated heterocycles. The third kappa shape index (κ3) is 3.25. The molecule has 0 saturated carbocycles. The number of nitrogens with one attached hydrogen (secondary N) is 1. The molecule has 0 aliphatic carbocycles. The molecular formula is C18H20N2O5S. The van der Waals surface area contributed by atoms with Crippen LogP contribution in [0.5, 0.6) is 0 Å². The predicted octanol–water partition coefficient (Wildman–Crippen LogP) is 2.64. The van der Waals surface area contributed by atoms with E-state index in [-0.39, 0.29) is 10.8 Å². The third-order valence-electron chi connectivity index (χ3n) is 4.18. The van der Waals surface area contributed by atoms with Crippen LogP contribution in [0.2, 0.25) is 0 Å². The smallest absolute Gasteiger partial charge is 0.324 e. The summed E-state index contributed by atoms with van der Waals surface area (Å²) in [4.78, 5) is 11.9. The molecule has 3 N–H and O–H groups in total. The Morgan fingerprint density at radius 3 is 2.50 bits per heavy atom. The van der Waals surface area contributed by atoms with E-state index in [1.165, 1.54) is 19.2 Å². The summed E-state index contributed by atoms with van der Waals surface area (Å²) in [6, 6.07) is 8.82. The number of carbonyl (C=O) groups excluding carboxylic acids is 1. The van der Waals surface area contributed by atoms with Crippen LogP contribution >= 0.6 is 0 Å². The highest BCUT2D eigenvalue weighted by Crippen LogP contribution is 2.31. The molecule has 0 amide bonds. The molecule has 2 aromatic carbocycles. The highest BCUT2D eigenvalue weighted by atomic mass is 32.2. The third-order valence-corrected chi connectivity index (χ3v) is 5.62. The van der Waals surface area contributed by atoms with Gasteiger partial charge >= 0.3 is 5.97 Å². The number of ether oxygens (including phenoxy) is 1. The van der Waals surface area contributed by atoms with Crippen LogP contribution < -0.4 is 10.5 Å². The van der Waals surface area contributed by atoms with Gasteiger partial charge in [0.05, 0.1) is 12.0 Å². The van der Waals surface area contributed by atoms with Gasteiger partial charge in [-0.1, -0.05) is 13.8 Å². The highest BCUT2D eigenvalue weighted by Gasteiger charge is 2.29. The topological polar surface area (TPSA) is 112 Å².